The molecule has 0 saturated heterocycles. The van der Waals surface area contributed by atoms with Gasteiger partial charge in [-0.15, -0.1) is 0 Å². The summed E-state index contributed by atoms with van der Waals surface area (Å²) in [5, 5.41) is 17.5. The molecule has 0 fully saturated rings. The molecule has 0 saturated carbocycles. The number of sulfonamides is 1. The summed E-state index contributed by atoms with van der Waals surface area (Å²) < 4.78 is 26.1. The lowest BCUT2D eigenvalue weighted by atomic mass is 10.1. The average molecular weight is 316 g/mol. The van der Waals surface area contributed by atoms with Crippen molar-refractivity contribution in [1.82, 2.24) is 4.72 Å². The first-order valence-corrected chi connectivity index (χ1v) is 7.44. The Morgan fingerprint density at radius 2 is 2.00 bits per heavy atom. The predicted molar refractivity (Wildman–Crippen MR) is 73.1 cm³/mol. The zero-order chi connectivity index (χ0) is 16.2. The smallest absolute Gasteiger partial charge is 0.332 e. The molecule has 0 spiro atoms. The monoisotopic (exact) mass is 316 g/mol. The lowest BCUT2D eigenvalue weighted by Gasteiger charge is -2.10. The van der Waals surface area contributed by atoms with Crippen molar-refractivity contribution in [1.29, 1.82) is 0 Å². The number of rotatable bonds is 7. The Bertz CT molecular complexity index is 656. The van der Waals surface area contributed by atoms with Crippen LogP contribution in [0.3, 0.4) is 0 Å². The standard InChI is InChI=1S/C12H16N2O6S/c1-7-2-3-8(6-9(7)11(13)16)21(19,20)14-5-4-10(15)12(17)18/h2-3,6,10,14-15H,4-5H2,1H3,(H2,13,16)(H,17,18)/t10-/m0/s1. The van der Waals surface area contributed by atoms with Crippen molar-refractivity contribution in [3.63, 3.8) is 0 Å². The van der Waals surface area contributed by atoms with Crippen molar-refractivity contribution < 1.29 is 28.2 Å². The quantitative estimate of drug-likeness (QED) is 0.518. The number of carboxylic acids is 1. The van der Waals surface area contributed by atoms with Crippen LogP contribution in [-0.2, 0) is 14.8 Å². The molecule has 8 nitrogen and oxygen atoms in total. The highest BCUT2D eigenvalue weighted by Gasteiger charge is 2.18. The molecule has 1 amide bonds. The molecule has 0 aliphatic carbocycles. The lowest BCUT2D eigenvalue weighted by molar-refractivity contribution is -0.146. The normalized spacial score (nSPS) is 12.9. The van der Waals surface area contributed by atoms with Crippen molar-refractivity contribution >= 4 is 21.9 Å². The van der Waals surface area contributed by atoms with Gasteiger partial charge in [0.15, 0.2) is 6.10 Å². The maximum Gasteiger partial charge on any atom is 0.332 e. The van der Waals surface area contributed by atoms with Gasteiger partial charge in [-0.2, -0.15) is 0 Å². The first kappa shape index (κ1) is 17.1. The van der Waals surface area contributed by atoms with Crippen LogP contribution in [0.25, 0.3) is 0 Å². The van der Waals surface area contributed by atoms with E-state index >= 15 is 0 Å². The summed E-state index contributed by atoms with van der Waals surface area (Å²) in [6.45, 7) is 1.36. The number of hydrogen-bond donors (Lipinski definition) is 4. The maximum absolute atomic E-state index is 12.0. The first-order chi connectivity index (χ1) is 9.65. The van der Waals surface area contributed by atoms with Crippen LogP contribution in [0.15, 0.2) is 23.1 Å². The largest absolute Gasteiger partial charge is 0.479 e. The van der Waals surface area contributed by atoms with Gasteiger partial charge in [0.2, 0.25) is 15.9 Å². The molecule has 1 aromatic carbocycles. The molecular weight excluding hydrogens is 300 g/mol. The molecule has 0 heterocycles. The molecule has 0 aliphatic heterocycles. The van der Waals surface area contributed by atoms with Crippen LogP contribution in [0.5, 0.6) is 0 Å². The number of nitrogens with two attached hydrogens (primary N) is 1. The van der Waals surface area contributed by atoms with E-state index in [0.717, 1.165) is 6.07 Å². The summed E-state index contributed by atoms with van der Waals surface area (Å²) in [5.74, 6) is -2.17. The van der Waals surface area contributed by atoms with Crippen LogP contribution in [0, 0.1) is 6.92 Å². The van der Waals surface area contributed by atoms with Crippen LogP contribution in [0.4, 0.5) is 0 Å². The van der Waals surface area contributed by atoms with Gasteiger partial charge in [0, 0.05) is 12.1 Å². The first-order valence-electron chi connectivity index (χ1n) is 5.96. The van der Waals surface area contributed by atoms with Crippen molar-refractivity contribution in [3.8, 4) is 0 Å². The molecule has 0 aliphatic rings. The summed E-state index contributed by atoms with van der Waals surface area (Å²) in [4.78, 5) is 21.4. The van der Waals surface area contributed by atoms with Gasteiger partial charge in [-0.1, -0.05) is 6.07 Å². The number of aryl methyl sites for hydroxylation is 1. The molecule has 0 unspecified atom stereocenters. The Morgan fingerprint density at radius 1 is 1.38 bits per heavy atom. The molecule has 1 aromatic rings. The fourth-order valence-corrected chi connectivity index (χ4v) is 2.64. The molecule has 5 N–H and O–H groups in total. The van der Waals surface area contributed by atoms with E-state index in [4.69, 9.17) is 15.9 Å². The molecule has 1 atom stereocenters. The van der Waals surface area contributed by atoms with E-state index in [1.807, 2.05) is 0 Å². The molecular formula is C12H16N2O6S. The number of aliphatic carboxylic acids is 1. The van der Waals surface area contributed by atoms with E-state index in [9.17, 15) is 18.0 Å². The molecule has 1 rings (SSSR count). The number of carboxylic acid groups (broad SMARTS) is 1. The van der Waals surface area contributed by atoms with Gasteiger partial charge >= 0.3 is 5.97 Å². The zero-order valence-electron chi connectivity index (χ0n) is 11.2. The molecule has 116 valence electrons. The van der Waals surface area contributed by atoms with Crippen molar-refractivity contribution in [2.24, 2.45) is 5.73 Å². The number of carbonyl (C=O) groups excluding carboxylic acids is 1. The minimum Gasteiger partial charge on any atom is -0.479 e. The van der Waals surface area contributed by atoms with Crippen LogP contribution >= 0.6 is 0 Å². The van der Waals surface area contributed by atoms with Crippen molar-refractivity contribution in [2.45, 2.75) is 24.3 Å². The summed E-state index contributed by atoms with van der Waals surface area (Å²) >= 11 is 0. The molecule has 21 heavy (non-hydrogen) atoms. The second kappa shape index (κ2) is 6.66. The summed E-state index contributed by atoms with van der Waals surface area (Å²) in [5.41, 5.74) is 5.78. The zero-order valence-corrected chi connectivity index (χ0v) is 12.1. The van der Waals surface area contributed by atoms with E-state index in [-0.39, 0.29) is 23.4 Å². The van der Waals surface area contributed by atoms with Gasteiger partial charge in [-0.05, 0) is 31.0 Å². The SMILES string of the molecule is Cc1ccc(S(=O)(=O)NCC[C@H](O)C(=O)O)cc1C(N)=O. The number of primary amides is 1. The van der Waals surface area contributed by atoms with Gasteiger partial charge < -0.3 is 15.9 Å². The van der Waals surface area contributed by atoms with Crippen molar-refractivity contribution in [3.05, 3.63) is 29.3 Å². The second-order valence-corrected chi connectivity index (χ2v) is 6.15. The van der Waals surface area contributed by atoms with Crippen LogP contribution in [0.2, 0.25) is 0 Å². The summed E-state index contributed by atoms with van der Waals surface area (Å²) in [6, 6.07) is 3.89. The average Bonchev–Trinajstić information content (AvgIpc) is 2.38. The van der Waals surface area contributed by atoms with Crippen molar-refractivity contribution in [2.75, 3.05) is 6.54 Å². The minimum atomic E-state index is -3.92. The van der Waals surface area contributed by atoms with E-state index in [0.29, 0.717) is 5.56 Å². The van der Waals surface area contributed by atoms with Gasteiger partial charge in [0.1, 0.15) is 0 Å². The fraction of sp³-hybridized carbons (Fsp3) is 0.333. The molecule has 0 bridgehead atoms. The third-order valence-corrected chi connectivity index (χ3v) is 4.24. The van der Waals surface area contributed by atoms with E-state index < -0.39 is 28.0 Å². The lowest BCUT2D eigenvalue weighted by Crippen LogP contribution is -2.30. The van der Waals surface area contributed by atoms with E-state index in [1.54, 1.807) is 6.92 Å². The highest BCUT2D eigenvalue weighted by molar-refractivity contribution is 7.89. The van der Waals surface area contributed by atoms with Crippen LogP contribution in [-0.4, -0.2) is 43.2 Å². The molecule has 0 radical (unpaired) electrons. The highest BCUT2D eigenvalue weighted by Crippen LogP contribution is 2.15. The second-order valence-electron chi connectivity index (χ2n) is 4.38. The number of hydrogen-bond acceptors (Lipinski definition) is 5. The third-order valence-electron chi connectivity index (χ3n) is 2.78. The van der Waals surface area contributed by atoms with Crippen LogP contribution < -0.4 is 10.5 Å². The Labute approximate surface area is 121 Å². The third kappa shape index (κ3) is 4.52. The topological polar surface area (TPSA) is 147 Å². The fourth-order valence-electron chi connectivity index (χ4n) is 1.57. The Balaban J connectivity index is 2.86. The number of amides is 1. The highest BCUT2D eigenvalue weighted by atomic mass is 32.2. The number of benzene rings is 1. The van der Waals surface area contributed by atoms with Gasteiger partial charge in [-0.25, -0.2) is 17.9 Å². The number of carbonyl (C=O) groups is 2. The predicted octanol–water partition coefficient (Wildman–Crippen LogP) is -0.792. The van der Waals surface area contributed by atoms with Gasteiger partial charge in [-0.3, -0.25) is 4.79 Å². The Morgan fingerprint density at radius 3 is 2.52 bits per heavy atom. The number of aliphatic hydroxyl groups excluding tert-OH is 1. The summed E-state index contributed by atoms with van der Waals surface area (Å²) in [7, 11) is -3.92. The minimum absolute atomic E-state index is 0.0865. The Kier molecular flexibility index (Phi) is 5.41. The van der Waals surface area contributed by atoms with E-state index in [1.165, 1.54) is 12.1 Å². The van der Waals surface area contributed by atoms with Gasteiger partial charge in [0.05, 0.1) is 4.90 Å². The van der Waals surface area contributed by atoms with Gasteiger partial charge in [0.25, 0.3) is 0 Å². The summed E-state index contributed by atoms with van der Waals surface area (Å²) in [6.07, 6.45) is -1.92. The number of nitrogens with one attached hydrogen (secondary N) is 1. The number of aliphatic hydroxyl groups is 1. The molecule has 0 aromatic heterocycles. The van der Waals surface area contributed by atoms with E-state index in [2.05, 4.69) is 4.72 Å². The maximum atomic E-state index is 12.0. The molecule has 9 heteroatoms. The van der Waals surface area contributed by atoms with Crippen LogP contribution in [0.1, 0.15) is 22.3 Å². The Hall–Kier alpha value is -1.97.